The summed E-state index contributed by atoms with van der Waals surface area (Å²) in [5.74, 6) is 2.69. The molecule has 5 atom stereocenters. The molecule has 0 spiro atoms. The van der Waals surface area contributed by atoms with Crippen molar-refractivity contribution in [2.45, 2.75) is 31.7 Å². The molecule has 2 aliphatic heterocycles. The van der Waals surface area contributed by atoms with Crippen LogP contribution in [0.2, 0.25) is 0 Å². The van der Waals surface area contributed by atoms with Crippen LogP contribution in [0.1, 0.15) is 26.2 Å². The van der Waals surface area contributed by atoms with E-state index in [1.807, 2.05) is 0 Å². The lowest BCUT2D eigenvalue weighted by Crippen LogP contribution is -2.61. The van der Waals surface area contributed by atoms with Crippen molar-refractivity contribution in [3.05, 3.63) is 0 Å². The Labute approximate surface area is 98.8 Å². The maximum Gasteiger partial charge on any atom is 0.0357 e. The molecule has 0 aromatic rings. The zero-order valence-corrected chi connectivity index (χ0v) is 10.4. The zero-order valence-electron chi connectivity index (χ0n) is 10.4. The summed E-state index contributed by atoms with van der Waals surface area (Å²) < 4.78 is 0. The highest BCUT2D eigenvalue weighted by atomic mass is 15.2. The van der Waals surface area contributed by atoms with Crippen molar-refractivity contribution in [1.29, 1.82) is 0 Å². The van der Waals surface area contributed by atoms with E-state index in [4.69, 9.17) is 5.73 Å². The summed E-state index contributed by atoms with van der Waals surface area (Å²) >= 11 is 0. The maximum atomic E-state index is 6.08. The Hall–Kier alpha value is -0.120. The largest absolute Gasteiger partial charge is 0.329 e. The molecule has 0 amide bonds. The molecule has 5 unspecified atom stereocenters. The lowest BCUT2D eigenvalue weighted by molar-refractivity contribution is 0.135. The van der Waals surface area contributed by atoms with Crippen LogP contribution in [-0.4, -0.2) is 43.2 Å². The van der Waals surface area contributed by atoms with Crippen LogP contribution in [0.4, 0.5) is 0 Å². The molecule has 1 saturated carbocycles. The first kappa shape index (κ1) is 11.0. The minimum Gasteiger partial charge on any atom is -0.329 e. The van der Waals surface area contributed by atoms with Gasteiger partial charge in [-0.1, -0.05) is 6.92 Å². The highest BCUT2D eigenvalue weighted by molar-refractivity contribution is 5.04. The van der Waals surface area contributed by atoms with Crippen LogP contribution in [0.5, 0.6) is 0 Å². The van der Waals surface area contributed by atoms with Gasteiger partial charge in [-0.15, -0.1) is 0 Å². The zero-order chi connectivity index (χ0) is 11.2. The summed E-state index contributed by atoms with van der Waals surface area (Å²) in [6, 6.07) is 0. The second-order valence-corrected chi connectivity index (χ2v) is 6.25. The molecule has 1 aliphatic carbocycles. The number of nitrogens with one attached hydrogen (secondary N) is 1. The summed E-state index contributed by atoms with van der Waals surface area (Å²) in [7, 11) is 0. The summed E-state index contributed by atoms with van der Waals surface area (Å²) in [5.41, 5.74) is 6.36. The molecule has 92 valence electrons. The number of piperidine rings is 1. The van der Waals surface area contributed by atoms with E-state index >= 15 is 0 Å². The van der Waals surface area contributed by atoms with Crippen LogP contribution >= 0.6 is 0 Å². The van der Waals surface area contributed by atoms with E-state index in [9.17, 15) is 0 Å². The van der Waals surface area contributed by atoms with E-state index < -0.39 is 0 Å². The van der Waals surface area contributed by atoms with Crippen molar-refractivity contribution in [3.63, 3.8) is 0 Å². The Kier molecular flexibility index (Phi) is 2.73. The molecular formula is C13H25N3. The van der Waals surface area contributed by atoms with Crippen molar-refractivity contribution < 1.29 is 0 Å². The van der Waals surface area contributed by atoms with Crippen LogP contribution in [0, 0.1) is 17.8 Å². The Morgan fingerprint density at radius 2 is 2.25 bits per heavy atom. The fraction of sp³-hybridized carbons (Fsp3) is 1.00. The third-order valence-corrected chi connectivity index (χ3v) is 5.28. The normalized spacial score (nSPS) is 50.6. The number of fused-ring (bicyclic) bond motifs is 2. The summed E-state index contributed by atoms with van der Waals surface area (Å²) in [6.07, 6.45) is 4.03. The van der Waals surface area contributed by atoms with E-state index in [1.165, 1.54) is 45.4 Å². The lowest BCUT2D eigenvalue weighted by atomic mass is 9.78. The third kappa shape index (κ3) is 1.79. The van der Waals surface area contributed by atoms with Crippen LogP contribution in [0.3, 0.4) is 0 Å². The van der Waals surface area contributed by atoms with Gasteiger partial charge in [0.1, 0.15) is 0 Å². The van der Waals surface area contributed by atoms with E-state index in [2.05, 4.69) is 17.1 Å². The van der Waals surface area contributed by atoms with Gasteiger partial charge in [0.15, 0.2) is 0 Å². The SMILES string of the molecule is CC1CC1CNC1(CN)CCN2CCC1C2. The van der Waals surface area contributed by atoms with Gasteiger partial charge in [0.25, 0.3) is 0 Å². The summed E-state index contributed by atoms with van der Waals surface area (Å²) in [5, 5.41) is 3.85. The molecule has 3 heteroatoms. The predicted molar refractivity (Wildman–Crippen MR) is 66.2 cm³/mol. The first-order chi connectivity index (χ1) is 7.73. The topological polar surface area (TPSA) is 41.3 Å². The molecule has 0 radical (unpaired) electrons. The molecule has 2 bridgehead atoms. The number of hydrogen-bond acceptors (Lipinski definition) is 3. The van der Waals surface area contributed by atoms with Gasteiger partial charge in [-0.3, -0.25) is 0 Å². The molecule has 3 aliphatic rings. The average Bonchev–Trinajstić information content (AvgIpc) is 2.86. The van der Waals surface area contributed by atoms with Gasteiger partial charge in [0.05, 0.1) is 0 Å². The molecule has 2 saturated heterocycles. The van der Waals surface area contributed by atoms with Gasteiger partial charge in [0, 0.05) is 18.6 Å². The van der Waals surface area contributed by atoms with Gasteiger partial charge in [-0.05, 0) is 56.7 Å². The molecule has 0 aromatic carbocycles. The van der Waals surface area contributed by atoms with E-state index in [1.54, 1.807) is 0 Å². The number of nitrogens with zero attached hydrogens (tertiary/aromatic N) is 1. The Morgan fingerprint density at radius 3 is 2.94 bits per heavy atom. The summed E-state index contributed by atoms with van der Waals surface area (Å²) in [4.78, 5) is 2.60. The van der Waals surface area contributed by atoms with E-state index in [0.29, 0.717) is 0 Å². The quantitative estimate of drug-likeness (QED) is 0.735. The molecule has 3 fully saturated rings. The minimum absolute atomic E-state index is 0.273. The minimum atomic E-state index is 0.273. The van der Waals surface area contributed by atoms with Gasteiger partial charge in [0.2, 0.25) is 0 Å². The van der Waals surface area contributed by atoms with Crippen molar-refractivity contribution in [2.75, 3.05) is 32.7 Å². The van der Waals surface area contributed by atoms with Crippen LogP contribution in [0.15, 0.2) is 0 Å². The molecule has 2 heterocycles. The van der Waals surface area contributed by atoms with Gasteiger partial charge in [-0.2, -0.15) is 0 Å². The molecular weight excluding hydrogens is 198 g/mol. The van der Waals surface area contributed by atoms with Crippen molar-refractivity contribution in [1.82, 2.24) is 10.2 Å². The van der Waals surface area contributed by atoms with Crippen molar-refractivity contribution in [2.24, 2.45) is 23.5 Å². The van der Waals surface area contributed by atoms with Crippen LogP contribution in [0.25, 0.3) is 0 Å². The van der Waals surface area contributed by atoms with Crippen LogP contribution in [-0.2, 0) is 0 Å². The third-order valence-electron chi connectivity index (χ3n) is 5.28. The number of hydrogen-bond donors (Lipinski definition) is 2. The average molecular weight is 223 g/mol. The van der Waals surface area contributed by atoms with Gasteiger partial charge >= 0.3 is 0 Å². The highest BCUT2D eigenvalue weighted by Gasteiger charge is 2.46. The summed E-state index contributed by atoms with van der Waals surface area (Å²) in [6.45, 7) is 8.22. The fourth-order valence-corrected chi connectivity index (χ4v) is 3.64. The maximum absolute atomic E-state index is 6.08. The first-order valence-corrected chi connectivity index (χ1v) is 6.91. The highest BCUT2D eigenvalue weighted by Crippen LogP contribution is 2.39. The Balaban J connectivity index is 1.62. The van der Waals surface area contributed by atoms with Gasteiger partial charge < -0.3 is 16.0 Å². The molecule has 3 rings (SSSR count). The monoisotopic (exact) mass is 223 g/mol. The van der Waals surface area contributed by atoms with Crippen molar-refractivity contribution >= 4 is 0 Å². The smallest absolute Gasteiger partial charge is 0.0357 e. The number of nitrogens with two attached hydrogens (primary N) is 1. The van der Waals surface area contributed by atoms with Gasteiger partial charge in [-0.25, -0.2) is 0 Å². The van der Waals surface area contributed by atoms with Crippen molar-refractivity contribution in [3.8, 4) is 0 Å². The number of rotatable bonds is 4. The second-order valence-electron chi connectivity index (χ2n) is 6.25. The predicted octanol–water partition coefficient (Wildman–Crippen LogP) is 0.655. The van der Waals surface area contributed by atoms with E-state index in [0.717, 1.165) is 24.3 Å². The Bertz CT molecular complexity index is 268. The molecule has 3 N–H and O–H groups in total. The second kappa shape index (κ2) is 3.97. The van der Waals surface area contributed by atoms with Crippen LogP contribution < -0.4 is 11.1 Å². The first-order valence-electron chi connectivity index (χ1n) is 6.91. The van der Waals surface area contributed by atoms with E-state index in [-0.39, 0.29) is 5.54 Å². The molecule has 0 aromatic heterocycles. The Morgan fingerprint density at radius 1 is 1.44 bits per heavy atom. The standard InChI is InChI=1S/C13H25N3/c1-10-6-11(10)7-15-13(9-14)3-5-16-4-2-12(13)8-16/h10-12,15H,2-9,14H2,1H3. The lowest BCUT2D eigenvalue weighted by Gasteiger charge is -2.43. The fourth-order valence-electron chi connectivity index (χ4n) is 3.64. The molecule has 3 nitrogen and oxygen atoms in total. The molecule has 16 heavy (non-hydrogen) atoms.